The Morgan fingerprint density at radius 1 is 1.28 bits per heavy atom. The fourth-order valence-corrected chi connectivity index (χ4v) is 1.93. The Labute approximate surface area is 120 Å². The summed E-state index contributed by atoms with van der Waals surface area (Å²) in [5.41, 5.74) is 2.31. The third-order valence-corrected chi connectivity index (χ3v) is 2.98. The van der Waals surface area contributed by atoms with E-state index in [2.05, 4.69) is 50.0 Å². The van der Waals surface area contributed by atoms with E-state index in [0.717, 1.165) is 6.10 Å². The van der Waals surface area contributed by atoms with Crippen LogP contribution < -0.4 is 18.9 Å². The largest absolute Gasteiger partial charge is 1.00 e. The SMILES string of the molecule is Cc1ccc([C@H]2O[C-]2C2=NC(C)(C)CO2)cc1.[Li+]. The van der Waals surface area contributed by atoms with E-state index < -0.39 is 0 Å². The third-order valence-electron chi connectivity index (χ3n) is 2.98. The van der Waals surface area contributed by atoms with Crippen LogP contribution in [0.2, 0.25) is 0 Å². The van der Waals surface area contributed by atoms with Crippen molar-refractivity contribution in [1.29, 1.82) is 0 Å². The number of aliphatic imine (C=N–C) groups is 1. The maximum Gasteiger partial charge on any atom is 1.00 e. The molecule has 0 amide bonds. The van der Waals surface area contributed by atoms with Gasteiger partial charge in [0.2, 0.25) is 0 Å². The van der Waals surface area contributed by atoms with E-state index in [0.29, 0.717) is 12.5 Å². The van der Waals surface area contributed by atoms with Crippen molar-refractivity contribution in [2.45, 2.75) is 32.4 Å². The van der Waals surface area contributed by atoms with Crippen molar-refractivity contribution in [2.24, 2.45) is 4.99 Å². The van der Waals surface area contributed by atoms with E-state index in [-0.39, 0.29) is 30.5 Å². The number of epoxide rings is 1. The molecule has 1 saturated heterocycles. The first-order valence-corrected chi connectivity index (χ1v) is 5.88. The van der Waals surface area contributed by atoms with Gasteiger partial charge in [-0.2, -0.15) is 6.10 Å². The van der Waals surface area contributed by atoms with E-state index in [1.165, 1.54) is 11.1 Å². The molecule has 2 heterocycles. The van der Waals surface area contributed by atoms with Crippen LogP contribution in [0.5, 0.6) is 0 Å². The molecule has 0 bridgehead atoms. The monoisotopic (exact) mass is 237 g/mol. The fraction of sp³-hybridized carbons (Fsp3) is 0.429. The molecule has 90 valence electrons. The van der Waals surface area contributed by atoms with E-state index in [1.807, 2.05) is 0 Å². The molecule has 3 rings (SSSR count). The molecule has 1 atom stereocenters. The quantitative estimate of drug-likeness (QED) is 0.406. The topological polar surface area (TPSA) is 34.1 Å². The Balaban J connectivity index is 0.00000120. The van der Waals surface area contributed by atoms with Crippen molar-refractivity contribution >= 4 is 5.90 Å². The summed E-state index contributed by atoms with van der Waals surface area (Å²) in [7, 11) is 0. The minimum Gasteiger partial charge on any atom is -0.533 e. The van der Waals surface area contributed by atoms with E-state index >= 15 is 0 Å². The van der Waals surface area contributed by atoms with Crippen LogP contribution in [0.15, 0.2) is 29.3 Å². The number of hydrogen-bond donors (Lipinski definition) is 0. The van der Waals surface area contributed by atoms with Crippen LogP contribution in [-0.2, 0) is 9.47 Å². The minimum absolute atomic E-state index is 0. The Morgan fingerprint density at radius 2 is 1.94 bits per heavy atom. The Morgan fingerprint density at radius 3 is 2.50 bits per heavy atom. The van der Waals surface area contributed by atoms with Crippen molar-refractivity contribution in [2.75, 3.05) is 6.61 Å². The number of nitrogens with zero attached hydrogens (tertiary/aromatic N) is 1. The second kappa shape index (κ2) is 4.66. The van der Waals surface area contributed by atoms with Crippen molar-refractivity contribution in [3.63, 3.8) is 0 Å². The fourth-order valence-electron chi connectivity index (χ4n) is 1.93. The molecule has 18 heavy (non-hydrogen) atoms. The molecule has 0 saturated carbocycles. The van der Waals surface area contributed by atoms with Gasteiger partial charge in [-0.15, -0.1) is 0 Å². The maximum atomic E-state index is 5.58. The minimum atomic E-state index is -0.119. The molecular weight excluding hydrogens is 221 g/mol. The van der Waals surface area contributed by atoms with Gasteiger partial charge in [-0.1, -0.05) is 29.8 Å². The average molecular weight is 237 g/mol. The van der Waals surface area contributed by atoms with Gasteiger partial charge in [0.15, 0.2) is 0 Å². The first kappa shape index (κ1) is 13.5. The molecule has 0 spiro atoms. The zero-order valence-electron chi connectivity index (χ0n) is 11.4. The third kappa shape index (κ3) is 2.59. The van der Waals surface area contributed by atoms with E-state index in [1.54, 1.807) is 0 Å². The summed E-state index contributed by atoms with van der Waals surface area (Å²) in [6, 6.07) is 8.37. The maximum absolute atomic E-state index is 5.58. The molecule has 3 nitrogen and oxygen atoms in total. The predicted octanol–water partition coefficient (Wildman–Crippen LogP) is -0.190. The molecule has 0 aliphatic carbocycles. The van der Waals surface area contributed by atoms with Crippen molar-refractivity contribution in [3.05, 3.63) is 41.5 Å². The van der Waals surface area contributed by atoms with Crippen LogP contribution >= 0.6 is 0 Å². The van der Waals surface area contributed by atoms with Crippen LogP contribution in [0, 0.1) is 13.0 Å². The van der Waals surface area contributed by atoms with E-state index in [4.69, 9.17) is 9.47 Å². The normalized spacial score (nSPS) is 24.1. The standard InChI is InChI=1S/C14H16NO2.Li/c1-9-4-6-10(7-5-9)11-12(17-11)13-15-14(2,3)8-16-13;/h4-7,11H,8H2,1-3H3;/q-1;+1/t11-;/m1./s1. The molecule has 0 unspecified atom stereocenters. The zero-order valence-corrected chi connectivity index (χ0v) is 11.4. The van der Waals surface area contributed by atoms with Gasteiger partial charge in [0.1, 0.15) is 6.61 Å². The Hall–Kier alpha value is -0.883. The molecule has 0 N–H and O–H groups in total. The molecule has 4 heteroatoms. The van der Waals surface area contributed by atoms with Gasteiger partial charge in [0.05, 0.1) is 11.4 Å². The van der Waals surface area contributed by atoms with Gasteiger partial charge < -0.3 is 9.47 Å². The van der Waals surface area contributed by atoms with Gasteiger partial charge >= 0.3 is 18.9 Å². The summed E-state index contributed by atoms with van der Waals surface area (Å²) in [6.45, 7) is 6.83. The molecule has 0 aromatic heterocycles. The molecule has 2 aliphatic heterocycles. The molecule has 2 aliphatic rings. The van der Waals surface area contributed by atoms with Crippen molar-refractivity contribution < 1.29 is 28.3 Å². The van der Waals surface area contributed by atoms with Crippen LogP contribution in [0.25, 0.3) is 0 Å². The number of aryl methyl sites for hydroxylation is 1. The Kier molecular flexibility index (Phi) is 3.51. The number of ether oxygens (including phenoxy) is 2. The number of rotatable bonds is 2. The number of benzene rings is 1. The average Bonchev–Trinajstić information content (AvgIpc) is 2.98. The molecule has 1 aromatic carbocycles. The summed E-state index contributed by atoms with van der Waals surface area (Å²) >= 11 is 0. The number of hydrogen-bond acceptors (Lipinski definition) is 3. The first-order chi connectivity index (χ1) is 8.05. The second-order valence-corrected chi connectivity index (χ2v) is 5.29. The van der Waals surface area contributed by atoms with Crippen molar-refractivity contribution in [1.82, 2.24) is 0 Å². The first-order valence-electron chi connectivity index (χ1n) is 5.88. The summed E-state index contributed by atoms with van der Waals surface area (Å²) in [4.78, 5) is 4.51. The molecule has 0 radical (unpaired) electrons. The van der Waals surface area contributed by atoms with Crippen LogP contribution in [0.3, 0.4) is 0 Å². The zero-order chi connectivity index (χ0) is 12.0. The molecule has 1 fully saturated rings. The van der Waals surface area contributed by atoms with Crippen LogP contribution in [-0.4, -0.2) is 18.0 Å². The summed E-state index contributed by atoms with van der Waals surface area (Å²) in [5, 5.41) is 0. The van der Waals surface area contributed by atoms with Crippen LogP contribution in [0.4, 0.5) is 0 Å². The summed E-state index contributed by atoms with van der Waals surface area (Å²) in [5.74, 6) is 0.681. The Bertz CT molecular complexity index is 467. The van der Waals surface area contributed by atoms with Gasteiger partial charge in [-0.05, 0) is 32.4 Å². The van der Waals surface area contributed by atoms with Gasteiger partial charge in [0, 0.05) is 0 Å². The molecular formula is C14H16LiNO2. The summed E-state index contributed by atoms with van der Waals surface area (Å²) < 4.78 is 11.1. The van der Waals surface area contributed by atoms with Crippen molar-refractivity contribution in [3.8, 4) is 0 Å². The van der Waals surface area contributed by atoms with Crippen LogP contribution in [0.1, 0.15) is 31.1 Å². The van der Waals surface area contributed by atoms with Gasteiger partial charge in [0.25, 0.3) is 0 Å². The second-order valence-electron chi connectivity index (χ2n) is 5.29. The smallest absolute Gasteiger partial charge is 0.533 e. The van der Waals surface area contributed by atoms with E-state index in [9.17, 15) is 0 Å². The molecule has 1 aromatic rings. The van der Waals surface area contributed by atoms with Gasteiger partial charge in [-0.25, -0.2) is 0 Å². The summed E-state index contributed by atoms with van der Waals surface area (Å²) in [6.07, 6.45) is 0.919. The predicted molar refractivity (Wildman–Crippen MR) is 65.7 cm³/mol. The van der Waals surface area contributed by atoms with Gasteiger partial charge in [-0.3, -0.25) is 4.99 Å².